The molecule has 0 N–H and O–H groups in total. The Kier molecular flexibility index (Phi) is 3.58. The summed E-state index contributed by atoms with van der Waals surface area (Å²) in [6, 6.07) is 0. The smallest absolute Gasteiger partial charge is 0.153 e. The second-order valence-electron chi connectivity index (χ2n) is 1.18. The van der Waals surface area contributed by atoms with Gasteiger partial charge in [0.15, 0.2) is 6.29 Å². The number of carbonyl (C=O) groups excluding carboxylic acids is 1. The van der Waals surface area contributed by atoms with Crippen LogP contribution >= 0.6 is 0 Å². The molecule has 0 radical (unpaired) electrons. The largest absolute Gasteiger partial charge is 0.504 e. The fourth-order valence-electron chi connectivity index (χ4n) is 0.260. The highest BCUT2D eigenvalue weighted by Crippen LogP contribution is 1.87. The lowest BCUT2D eigenvalue weighted by Gasteiger charge is -1.86. The minimum atomic E-state index is 0.451. The molecule has 0 unspecified atom stereocenters. The molecule has 0 aliphatic heterocycles. The first-order valence-electron chi connectivity index (χ1n) is 2.15. The third-order valence-electron chi connectivity index (χ3n) is 0.626. The number of allylic oxidation sites excluding steroid dienone is 2. The van der Waals surface area contributed by atoms with Crippen molar-refractivity contribution in [3.63, 3.8) is 0 Å². The van der Waals surface area contributed by atoms with Crippen LogP contribution in [0.4, 0.5) is 0 Å². The van der Waals surface area contributed by atoms with Crippen LogP contribution in [0.25, 0.3) is 0 Å². The van der Waals surface area contributed by atoms with Crippen LogP contribution in [-0.2, 0) is 9.53 Å². The zero-order chi connectivity index (χ0) is 6.41. The summed E-state index contributed by atoms with van der Waals surface area (Å²) >= 11 is 0. The first-order chi connectivity index (χ1) is 3.85. The minimum absolute atomic E-state index is 0.451. The van der Waals surface area contributed by atoms with Crippen LogP contribution in [-0.4, -0.2) is 13.4 Å². The second kappa shape index (κ2) is 4.12. The Labute approximate surface area is 48.5 Å². The Morgan fingerprint density at radius 2 is 2.38 bits per heavy atom. The summed E-state index contributed by atoms with van der Waals surface area (Å²) in [5.41, 5.74) is 0.451. The molecule has 0 aromatic heterocycles. The van der Waals surface area contributed by atoms with E-state index in [-0.39, 0.29) is 0 Å². The maximum absolute atomic E-state index is 9.91. The third kappa shape index (κ3) is 2.18. The quantitative estimate of drug-likeness (QED) is 0.235. The lowest BCUT2D eigenvalue weighted by Crippen LogP contribution is -1.78. The molecule has 0 aromatic carbocycles. The van der Waals surface area contributed by atoms with Crippen molar-refractivity contribution in [1.82, 2.24) is 0 Å². The fourth-order valence-corrected chi connectivity index (χ4v) is 0.260. The summed E-state index contributed by atoms with van der Waals surface area (Å²) in [5.74, 6) is 0. The molecule has 2 nitrogen and oxygen atoms in total. The molecule has 0 saturated heterocycles. The summed E-state index contributed by atoms with van der Waals surface area (Å²) in [7, 11) is 1.48. The van der Waals surface area contributed by atoms with Gasteiger partial charge in [-0.25, -0.2) is 0 Å². The van der Waals surface area contributed by atoms with Crippen molar-refractivity contribution in [2.45, 2.75) is 0 Å². The first-order valence-corrected chi connectivity index (χ1v) is 2.15. The summed E-state index contributed by atoms with van der Waals surface area (Å²) in [5, 5.41) is 0. The molecule has 0 rings (SSSR count). The molecule has 2 heteroatoms. The van der Waals surface area contributed by atoms with E-state index in [1.807, 2.05) is 0 Å². The van der Waals surface area contributed by atoms with E-state index >= 15 is 0 Å². The van der Waals surface area contributed by atoms with Crippen molar-refractivity contribution in [2.24, 2.45) is 0 Å². The van der Waals surface area contributed by atoms with Crippen molar-refractivity contribution in [1.29, 1.82) is 0 Å². The van der Waals surface area contributed by atoms with Crippen LogP contribution in [0.1, 0.15) is 0 Å². The van der Waals surface area contributed by atoms with E-state index in [0.29, 0.717) is 11.9 Å². The van der Waals surface area contributed by atoms with Gasteiger partial charge in [0.25, 0.3) is 0 Å². The molecule has 0 aliphatic carbocycles. The lowest BCUT2D eigenvalue weighted by atomic mass is 10.3. The van der Waals surface area contributed by atoms with E-state index in [1.165, 1.54) is 19.4 Å². The van der Waals surface area contributed by atoms with Crippen molar-refractivity contribution < 1.29 is 9.53 Å². The van der Waals surface area contributed by atoms with Gasteiger partial charge in [-0.15, -0.1) is 0 Å². The average molecular weight is 112 g/mol. The van der Waals surface area contributed by atoms with Crippen molar-refractivity contribution >= 4 is 6.29 Å². The van der Waals surface area contributed by atoms with E-state index in [2.05, 4.69) is 11.3 Å². The van der Waals surface area contributed by atoms with E-state index in [0.717, 1.165) is 0 Å². The minimum Gasteiger partial charge on any atom is -0.504 e. The molecular formula is C6H8O2. The highest BCUT2D eigenvalue weighted by molar-refractivity contribution is 5.76. The van der Waals surface area contributed by atoms with Crippen molar-refractivity contribution in [3.05, 3.63) is 24.5 Å². The van der Waals surface area contributed by atoms with Crippen LogP contribution in [0.2, 0.25) is 0 Å². The van der Waals surface area contributed by atoms with E-state index in [4.69, 9.17) is 0 Å². The third-order valence-corrected chi connectivity index (χ3v) is 0.626. The number of carbonyl (C=O) groups is 1. The summed E-state index contributed by atoms with van der Waals surface area (Å²) in [6.45, 7) is 3.37. The van der Waals surface area contributed by atoms with Crippen LogP contribution in [0.5, 0.6) is 0 Å². The van der Waals surface area contributed by atoms with Crippen LogP contribution in [0.3, 0.4) is 0 Å². The Hall–Kier alpha value is -1.05. The molecule has 0 amide bonds. The summed E-state index contributed by atoms with van der Waals surface area (Å²) < 4.78 is 4.52. The van der Waals surface area contributed by atoms with E-state index < -0.39 is 0 Å². The molecule has 8 heavy (non-hydrogen) atoms. The molecule has 0 fully saturated rings. The number of methoxy groups -OCH3 is 1. The van der Waals surface area contributed by atoms with Gasteiger partial charge in [-0.05, 0) is 0 Å². The van der Waals surface area contributed by atoms with E-state index in [9.17, 15) is 4.79 Å². The monoisotopic (exact) mass is 112 g/mol. The van der Waals surface area contributed by atoms with E-state index in [1.54, 1.807) is 0 Å². The normalized spacial score (nSPS) is 10.4. The molecular weight excluding hydrogens is 104 g/mol. The SMILES string of the molecule is C=C/C(C=O)=C\OC. The van der Waals surface area contributed by atoms with Gasteiger partial charge >= 0.3 is 0 Å². The Bertz CT molecular complexity index is 104. The number of rotatable bonds is 3. The van der Waals surface area contributed by atoms with Gasteiger partial charge in [0, 0.05) is 5.57 Å². The lowest BCUT2D eigenvalue weighted by molar-refractivity contribution is -0.104. The topological polar surface area (TPSA) is 26.3 Å². The van der Waals surface area contributed by atoms with Crippen LogP contribution in [0.15, 0.2) is 24.5 Å². The molecule has 0 spiro atoms. The molecule has 0 atom stereocenters. The van der Waals surface area contributed by atoms with Gasteiger partial charge < -0.3 is 4.74 Å². The predicted octanol–water partition coefficient (Wildman–Crippen LogP) is 0.902. The molecule has 0 heterocycles. The number of hydrogen-bond acceptors (Lipinski definition) is 2. The number of hydrogen-bond donors (Lipinski definition) is 0. The molecule has 0 aromatic rings. The molecule has 0 saturated carbocycles. The molecule has 44 valence electrons. The Morgan fingerprint density at radius 1 is 1.75 bits per heavy atom. The number of aldehydes is 1. The standard InChI is InChI=1S/C6H8O2/c1-3-6(4-7)5-8-2/h3-5H,1H2,2H3/b6-5+. The van der Waals surface area contributed by atoms with Crippen molar-refractivity contribution in [2.75, 3.05) is 7.11 Å². The van der Waals surface area contributed by atoms with Gasteiger partial charge in [-0.3, -0.25) is 4.79 Å². The Balaban J connectivity index is 3.85. The van der Waals surface area contributed by atoms with Gasteiger partial charge in [0.2, 0.25) is 0 Å². The van der Waals surface area contributed by atoms with Crippen molar-refractivity contribution in [3.8, 4) is 0 Å². The average Bonchev–Trinajstić information content (AvgIpc) is 1.83. The zero-order valence-electron chi connectivity index (χ0n) is 4.76. The first kappa shape index (κ1) is 6.95. The van der Waals surface area contributed by atoms with Crippen LogP contribution < -0.4 is 0 Å². The molecule has 0 aliphatic rings. The van der Waals surface area contributed by atoms with Crippen LogP contribution in [0, 0.1) is 0 Å². The highest BCUT2D eigenvalue weighted by Gasteiger charge is 1.81. The second-order valence-corrected chi connectivity index (χ2v) is 1.18. The maximum Gasteiger partial charge on any atom is 0.153 e. The molecule has 0 bridgehead atoms. The zero-order valence-corrected chi connectivity index (χ0v) is 4.76. The summed E-state index contributed by atoms with van der Waals surface area (Å²) in [4.78, 5) is 9.91. The maximum atomic E-state index is 9.91. The van der Waals surface area contributed by atoms with Gasteiger partial charge in [-0.1, -0.05) is 12.7 Å². The predicted molar refractivity (Wildman–Crippen MR) is 31.4 cm³/mol. The fraction of sp³-hybridized carbons (Fsp3) is 0.167. The number of ether oxygens (including phenoxy) is 1. The van der Waals surface area contributed by atoms with Gasteiger partial charge in [-0.2, -0.15) is 0 Å². The van der Waals surface area contributed by atoms with Gasteiger partial charge in [0.05, 0.1) is 13.4 Å². The highest BCUT2D eigenvalue weighted by atomic mass is 16.5. The van der Waals surface area contributed by atoms with Gasteiger partial charge in [0.1, 0.15) is 0 Å². The summed E-state index contributed by atoms with van der Waals surface area (Å²) in [6.07, 6.45) is 3.44. The Morgan fingerprint density at radius 3 is 2.50 bits per heavy atom.